The largest absolute Gasteiger partial charge is 0.375 e. The Balaban J connectivity index is 1.47. The maximum absolute atomic E-state index is 12.3. The highest BCUT2D eigenvalue weighted by atomic mass is 19.1. The Morgan fingerprint density at radius 1 is 1.46 bits per heavy atom. The van der Waals surface area contributed by atoms with E-state index in [1.54, 1.807) is 11.1 Å². The first-order valence-electron chi connectivity index (χ1n) is 8.65. The molecular weight excluding hydrogens is 309 g/mol. The average molecular weight is 335 g/mol. The monoisotopic (exact) mass is 335 g/mol. The van der Waals surface area contributed by atoms with Crippen LogP contribution in [0.5, 0.6) is 0 Å². The van der Waals surface area contributed by atoms with Crippen molar-refractivity contribution < 1.29 is 13.9 Å². The highest BCUT2D eigenvalue weighted by molar-refractivity contribution is 5.77. The van der Waals surface area contributed by atoms with E-state index >= 15 is 0 Å². The van der Waals surface area contributed by atoms with Gasteiger partial charge in [-0.15, -0.1) is 0 Å². The number of piperidine rings is 1. The molecule has 132 valence electrons. The first-order chi connectivity index (χ1) is 11.6. The van der Waals surface area contributed by atoms with Gasteiger partial charge < -0.3 is 9.64 Å². The normalized spacial score (nSPS) is 23.2. The van der Waals surface area contributed by atoms with Crippen LogP contribution in [0.25, 0.3) is 0 Å². The number of halogens is 1. The molecule has 1 amide bonds. The van der Waals surface area contributed by atoms with Crippen LogP contribution in [-0.4, -0.2) is 66.2 Å². The molecule has 2 aliphatic heterocycles. The van der Waals surface area contributed by atoms with Crippen molar-refractivity contribution in [3.8, 4) is 0 Å². The number of likely N-dealkylation sites (N-methyl/N-ethyl adjacent to an activating group) is 1. The molecule has 24 heavy (non-hydrogen) atoms. The van der Waals surface area contributed by atoms with Gasteiger partial charge >= 0.3 is 0 Å². The zero-order chi connectivity index (χ0) is 17.0. The average Bonchev–Trinajstić information content (AvgIpc) is 2.55. The van der Waals surface area contributed by atoms with Crippen LogP contribution < -0.4 is 0 Å². The Morgan fingerprint density at radius 3 is 3.00 bits per heavy atom. The number of pyridine rings is 1. The number of rotatable bonds is 6. The maximum atomic E-state index is 12.3. The van der Waals surface area contributed by atoms with Crippen LogP contribution in [0.2, 0.25) is 0 Å². The predicted molar refractivity (Wildman–Crippen MR) is 89.2 cm³/mol. The van der Waals surface area contributed by atoms with Gasteiger partial charge in [0.1, 0.15) is 0 Å². The van der Waals surface area contributed by atoms with Gasteiger partial charge in [0, 0.05) is 19.3 Å². The summed E-state index contributed by atoms with van der Waals surface area (Å²) in [6.45, 7) is 3.16. The summed E-state index contributed by atoms with van der Waals surface area (Å²) in [7, 11) is 2.13. The van der Waals surface area contributed by atoms with Crippen LogP contribution in [-0.2, 0) is 16.1 Å². The zero-order valence-corrected chi connectivity index (χ0v) is 14.3. The molecule has 1 aromatic heterocycles. The predicted octanol–water partition coefficient (Wildman–Crippen LogP) is 1.88. The van der Waals surface area contributed by atoms with Gasteiger partial charge in [-0.05, 0) is 44.5 Å². The topological polar surface area (TPSA) is 45.7 Å². The number of likely N-dealkylation sites (tertiary alicyclic amines) is 2. The van der Waals surface area contributed by atoms with Crippen molar-refractivity contribution in [3.63, 3.8) is 0 Å². The van der Waals surface area contributed by atoms with Crippen LogP contribution in [0.4, 0.5) is 4.39 Å². The molecule has 0 unspecified atom stereocenters. The number of nitrogens with zero attached hydrogens (tertiary/aromatic N) is 3. The van der Waals surface area contributed by atoms with Gasteiger partial charge in [0.2, 0.25) is 5.91 Å². The number of carbonyl (C=O) groups is 1. The fourth-order valence-corrected chi connectivity index (χ4v) is 3.81. The van der Waals surface area contributed by atoms with Crippen LogP contribution in [0.3, 0.4) is 0 Å². The summed E-state index contributed by atoms with van der Waals surface area (Å²) < 4.78 is 18.2. The minimum atomic E-state index is -0.567. The van der Waals surface area contributed by atoms with Crippen molar-refractivity contribution in [2.45, 2.75) is 31.4 Å². The fourth-order valence-electron chi connectivity index (χ4n) is 3.81. The minimum Gasteiger partial charge on any atom is -0.375 e. The summed E-state index contributed by atoms with van der Waals surface area (Å²) in [6, 6.07) is 5.83. The lowest BCUT2D eigenvalue weighted by molar-refractivity contribution is -0.151. The van der Waals surface area contributed by atoms with Gasteiger partial charge in [0.15, 0.2) is 0 Å². The fraction of sp³-hybridized carbons (Fsp3) is 0.667. The molecule has 0 radical (unpaired) electrons. The first kappa shape index (κ1) is 17.3. The molecule has 3 heterocycles. The van der Waals surface area contributed by atoms with Gasteiger partial charge in [0.25, 0.3) is 0 Å². The molecule has 3 rings (SSSR count). The minimum absolute atomic E-state index is 0.0103. The number of aromatic nitrogens is 1. The van der Waals surface area contributed by atoms with Crippen molar-refractivity contribution in [2.75, 3.05) is 40.0 Å². The summed E-state index contributed by atoms with van der Waals surface area (Å²) in [5, 5.41) is 0. The molecule has 2 aliphatic rings. The zero-order valence-electron chi connectivity index (χ0n) is 14.3. The Bertz CT molecular complexity index is 548. The van der Waals surface area contributed by atoms with Gasteiger partial charge in [0.05, 0.1) is 37.5 Å². The number of alkyl halides is 1. The van der Waals surface area contributed by atoms with E-state index in [0.29, 0.717) is 12.5 Å². The van der Waals surface area contributed by atoms with E-state index in [1.807, 2.05) is 18.2 Å². The standard InChI is InChI=1S/C18H26FN3O2/c1-21-9-6-15(11-24-12-16-4-2-3-8-20-16)10-18(21)13-22(14-18)17(23)5-7-19/h2-4,8,15H,5-7,9-14H2,1H3/t15-/m1/s1. The van der Waals surface area contributed by atoms with Gasteiger partial charge in [-0.3, -0.25) is 19.1 Å². The molecule has 1 aromatic rings. The summed E-state index contributed by atoms with van der Waals surface area (Å²) in [6.07, 6.45) is 3.93. The molecule has 1 spiro atoms. The van der Waals surface area contributed by atoms with Crippen LogP contribution in [0, 0.1) is 5.92 Å². The van der Waals surface area contributed by atoms with Gasteiger partial charge in [-0.25, -0.2) is 0 Å². The molecule has 6 heteroatoms. The van der Waals surface area contributed by atoms with Crippen molar-refractivity contribution in [1.82, 2.24) is 14.8 Å². The lowest BCUT2D eigenvalue weighted by Crippen LogP contribution is -2.72. The van der Waals surface area contributed by atoms with E-state index in [2.05, 4.69) is 16.9 Å². The third kappa shape index (κ3) is 3.75. The molecule has 0 aromatic carbocycles. The third-order valence-electron chi connectivity index (χ3n) is 5.31. The summed E-state index contributed by atoms with van der Waals surface area (Å²) in [5.41, 5.74) is 1.01. The molecule has 5 nitrogen and oxygen atoms in total. The second-order valence-corrected chi connectivity index (χ2v) is 7.03. The number of ether oxygens (including phenoxy) is 1. The third-order valence-corrected chi connectivity index (χ3v) is 5.31. The smallest absolute Gasteiger partial charge is 0.225 e. The molecule has 0 bridgehead atoms. The first-order valence-corrected chi connectivity index (χ1v) is 8.65. The molecule has 2 saturated heterocycles. The molecule has 1 atom stereocenters. The molecular formula is C18H26FN3O2. The quantitative estimate of drug-likeness (QED) is 0.796. The number of hydrogen-bond acceptors (Lipinski definition) is 4. The Labute approximate surface area is 142 Å². The van der Waals surface area contributed by atoms with Crippen molar-refractivity contribution >= 4 is 5.91 Å². The molecule has 0 saturated carbocycles. The molecule has 0 aliphatic carbocycles. The summed E-state index contributed by atoms with van der Waals surface area (Å²) >= 11 is 0. The van der Waals surface area contributed by atoms with Crippen molar-refractivity contribution in [2.24, 2.45) is 5.92 Å². The Kier molecular flexibility index (Phi) is 5.46. The lowest BCUT2D eigenvalue weighted by atomic mass is 9.75. The highest BCUT2D eigenvalue weighted by Crippen LogP contribution is 2.38. The Hall–Kier alpha value is -1.53. The molecule has 2 fully saturated rings. The summed E-state index contributed by atoms with van der Waals surface area (Å²) in [4.78, 5) is 20.2. The van der Waals surface area contributed by atoms with E-state index in [0.717, 1.165) is 44.8 Å². The number of hydrogen-bond donors (Lipinski definition) is 0. The van der Waals surface area contributed by atoms with Crippen LogP contribution >= 0.6 is 0 Å². The van der Waals surface area contributed by atoms with E-state index < -0.39 is 6.67 Å². The van der Waals surface area contributed by atoms with Crippen LogP contribution in [0.1, 0.15) is 25.0 Å². The maximum Gasteiger partial charge on any atom is 0.225 e. The van der Waals surface area contributed by atoms with Crippen molar-refractivity contribution in [3.05, 3.63) is 30.1 Å². The highest BCUT2D eigenvalue weighted by Gasteiger charge is 2.50. The second kappa shape index (κ2) is 7.57. The summed E-state index contributed by atoms with van der Waals surface area (Å²) in [5.74, 6) is 0.438. The second-order valence-electron chi connectivity index (χ2n) is 7.03. The van der Waals surface area contributed by atoms with E-state index in [-0.39, 0.29) is 17.9 Å². The van der Waals surface area contributed by atoms with Crippen LogP contribution in [0.15, 0.2) is 24.4 Å². The van der Waals surface area contributed by atoms with Gasteiger partial charge in [-0.2, -0.15) is 0 Å². The van der Waals surface area contributed by atoms with E-state index in [1.165, 1.54) is 0 Å². The Morgan fingerprint density at radius 2 is 2.29 bits per heavy atom. The van der Waals surface area contributed by atoms with Crippen molar-refractivity contribution in [1.29, 1.82) is 0 Å². The number of carbonyl (C=O) groups excluding carboxylic acids is 1. The number of amides is 1. The lowest BCUT2D eigenvalue weighted by Gasteiger charge is -2.58. The van der Waals surface area contributed by atoms with Gasteiger partial charge in [-0.1, -0.05) is 6.07 Å². The SMILES string of the molecule is CN1CC[C@@H](COCc2ccccn2)CC12CN(C(=O)CCF)C2. The molecule has 0 N–H and O–H groups in total. The van der Waals surface area contributed by atoms with E-state index in [4.69, 9.17) is 4.74 Å². The van der Waals surface area contributed by atoms with E-state index in [9.17, 15) is 9.18 Å².